The summed E-state index contributed by atoms with van der Waals surface area (Å²) in [6, 6.07) is 13.6. The molecule has 0 unspecified atom stereocenters. The number of amides is 1. The molecule has 1 aliphatic rings. The average molecular weight is 350 g/mol. The third kappa shape index (κ3) is 3.74. The predicted octanol–water partition coefficient (Wildman–Crippen LogP) is 4.81. The minimum absolute atomic E-state index is 0.135. The molecule has 0 saturated carbocycles. The summed E-state index contributed by atoms with van der Waals surface area (Å²) in [5, 5.41) is 0. The molecule has 0 aliphatic carbocycles. The van der Waals surface area contributed by atoms with Crippen LogP contribution >= 0.6 is 0 Å². The number of nitrogen functional groups attached to an aromatic ring is 1. The highest BCUT2D eigenvalue weighted by atomic mass is 16.5. The van der Waals surface area contributed by atoms with Crippen molar-refractivity contribution in [3.8, 4) is 5.75 Å². The summed E-state index contributed by atoms with van der Waals surface area (Å²) < 4.78 is 5.91. The first-order valence-corrected chi connectivity index (χ1v) is 9.06. The molecule has 26 heavy (non-hydrogen) atoms. The van der Waals surface area contributed by atoms with E-state index in [0.717, 1.165) is 11.3 Å². The first-order chi connectivity index (χ1) is 12.3. The molecule has 136 valence electrons. The highest BCUT2D eigenvalue weighted by molar-refractivity contribution is 6.10. The lowest BCUT2D eigenvalue weighted by molar-refractivity contribution is -0.117. The summed E-state index contributed by atoms with van der Waals surface area (Å²) in [6.45, 7) is 9.11. The van der Waals surface area contributed by atoms with Gasteiger partial charge in [-0.15, -0.1) is 0 Å². The number of nitrogens with two attached hydrogens (primary N) is 1. The van der Waals surface area contributed by atoms with Gasteiger partial charge in [0.05, 0.1) is 5.69 Å². The third-order valence-electron chi connectivity index (χ3n) is 4.40. The SMILES string of the molecule is CC(C)CN1C(=O)/C(=C\c2ccc(C(C)C)cc2)Oc2ccc(N)cc21. The van der Waals surface area contributed by atoms with Crippen LogP contribution in [0, 0.1) is 5.92 Å². The number of ether oxygens (including phenoxy) is 1. The lowest BCUT2D eigenvalue weighted by Crippen LogP contribution is -2.39. The molecule has 0 saturated heterocycles. The summed E-state index contributed by atoms with van der Waals surface area (Å²) in [7, 11) is 0. The minimum Gasteiger partial charge on any atom is -0.449 e. The van der Waals surface area contributed by atoms with Crippen molar-refractivity contribution in [2.45, 2.75) is 33.6 Å². The van der Waals surface area contributed by atoms with Gasteiger partial charge >= 0.3 is 0 Å². The Bertz CT molecular complexity index is 836. The lowest BCUT2D eigenvalue weighted by atomic mass is 10.0. The Balaban J connectivity index is 1.98. The number of rotatable bonds is 4. The molecule has 4 heteroatoms. The zero-order chi connectivity index (χ0) is 18.8. The Kier molecular flexibility index (Phi) is 5.03. The smallest absolute Gasteiger partial charge is 0.294 e. The maximum atomic E-state index is 13.0. The van der Waals surface area contributed by atoms with Crippen molar-refractivity contribution in [3.63, 3.8) is 0 Å². The van der Waals surface area contributed by atoms with Crippen molar-refractivity contribution in [2.75, 3.05) is 17.2 Å². The molecule has 0 spiro atoms. The fourth-order valence-corrected chi connectivity index (χ4v) is 3.00. The van der Waals surface area contributed by atoms with E-state index in [0.29, 0.717) is 35.6 Å². The minimum atomic E-state index is -0.135. The molecule has 1 heterocycles. The largest absolute Gasteiger partial charge is 0.449 e. The second kappa shape index (κ2) is 7.24. The van der Waals surface area contributed by atoms with E-state index in [1.54, 1.807) is 23.1 Å². The number of carbonyl (C=O) groups excluding carboxylic acids is 1. The zero-order valence-electron chi connectivity index (χ0n) is 15.8. The molecular weight excluding hydrogens is 324 g/mol. The summed E-state index contributed by atoms with van der Waals surface area (Å²) in [5.41, 5.74) is 9.47. The van der Waals surface area contributed by atoms with Crippen LogP contribution in [0.3, 0.4) is 0 Å². The Morgan fingerprint density at radius 1 is 1.08 bits per heavy atom. The number of hydrogen-bond acceptors (Lipinski definition) is 3. The highest BCUT2D eigenvalue weighted by Crippen LogP contribution is 2.37. The van der Waals surface area contributed by atoms with Gasteiger partial charge in [-0.05, 0) is 47.2 Å². The summed E-state index contributed by atoms with van der Waals surface area (Å²) in [6.07, 6.45) is 1.80. The van der Waals surface area contributed by atoms with Gasteiger partial charge in [0.15, 0.2) is 11.5 Å². The van der Waals surface area contributed by atoms with E-state index in [2.05, 4.69) is 39.8 Å². The second-order valence-corrected chi connectivity index (χ2v) is 7.47. The highest BCUT2D eigenvalue weighted by Gasteiger charge is 2.30. The third-order valence-corrected chi connectivity index (χ3v) is 4.40. The van der Waals surface area contributed by atoms with Crippen molar-refractivity contribution >= 4 is 23.4 Å². The van der Waals surface area contributed by atoms with E-state index in [4.69, 9.17) is 10.5 Å². The number of anilines is 2. The molecule has 0 fully saturated rings. The van der Waals surface area contributed by atoms with Gasteiger partial charge in [0, 0.05) is 12.2 Å². The van der Waals surface area contributed by atoms with Crippen LogP contribution in [0.2, 0.25) is 0 Å². The van der Waals surface area contributed by atoms with Crippen molar-refractivity contribution in [1.29, 1.82) is 0 Å². The Morgan fingerprint density at radius 3 is 2.38 bits per heavy atom. The maximum Gasteiger partial charge on any atom is 0.294 e. The van der Waals surface area contributed by atoms with Gasteiger partial charge in [-0.3, -0.25) is 4.79 Å². The number of benzene rings is 2. The monoisotopic (exact) mass is 350 g/mol. The van der Waals surface area contributed by atoms with E-state index in [9.17, 15) is 4.79 Å². The Labute approximate surface area is 155 Å². The topological polar surface area (TPSA) is 55.6 Å². The zero-order valence-corrected chi connectivity index (χ0v) is 15.8. The van der Waals surface area contributed by atoms with Crippen molar-refractivity contribution in [1.82, 2.24) is 0 Å². The van der Waals surface area contributed by atoms with Crippen LogP contribution < -0.4 is 15.4 Å². The normalized spacial score (nSPS) is 15.5. The molecule has 0 atom stereocenters. The van der Waals surface area contributed by atoms with Gasteiger partial charge in [-0.25, -0.2) is 0 Å². The van der Waals surface area contributed by atoms with Gasteiger partial charge in [-0.2, -0.15) is 0 Å². The van der Waals surface area contributed by atoms with E-state index < -0.39 is 0 Å². The van der Waals surface area contributed by atoms with Crippen LogP contribution in [-0.4, -0.2) is 12.5 Å². The molecule has 2 N–H and O–H groups in total. The second-order valence-electron chi connectivity index (χ2n) is 7.47. The molecule has 0 radical (unpaired) electrons. The molecule has 2 aromatic rings. The van der Waals surface area contributed by atoms with Gasteiger partial charge in [0.25, 0.3) is 5.91 Å². The molecular formula is C22H26N2O2. The van der Waals surface area contributed by atoms with E-state index in [-0.39, 0.29) is 5.91 Å². The predicted molar refractivity (Wildman–Crippen MR) is 107 cm³/mol. The number of fused-ring (bicyclic) bond motifs is 1. The van der Waals surface area contributed by atoms with Crippen molar-refractivity contribution in [3.05, 3.63) is 59.4 Å². The fourth-order valence-electron chi connectivity index (χ4n) is 3.00. The number of carbonyl (C=O) groups is 1. The fraction of sp³-hybridized carbons (Fsp3) is 0.318. The van der Waals surface area contributed by atoms with E-state index >= 15 is 0 Å². The lowest BCUT2D eigenvalue weighted by Gasteiger charge is -2.32. The molecule has 0 aromatic heterocycles. The first-order valence-electron chi connectivity index (χ1n) is 9.06. The standard InChI is InChI=1S/C22H26N2O2/c1-14(2)13-24-19-12-18(23)9-10-20(19)26-21(22(24)25)11-16-5-7-17(8-6-16)15(3)4/h5-12,14-15H,13,23H2,1-4H3/b21-11+. The average Bonchev–Trinajstić information content (AvgIpc) is 2.59. The van der Waals surface area contributed by atoms with Crippen LogP contribution in [0.5, 0.6) is 5.75 Å². The quantitative estimate of drug-likeness (QED) is 0.635. The maximum absolute atomic E-state index is 13.0. The first kappa shape index (κ1) is 18.1. The van der Waals surface area contributed by atoms with Crippen LogP contribution in [-0.2, 0) is 4.79 Å². The van der Waals surface area contributed by atoms with Crippen LogP contribution in [0.4, 0.5) is 11.4 Å². The summed E-state index contributed by atoms with van der Waals surface area (Å²) in [4.78, 5) is 14.8. The molecule has 1 amide bonds. The van der Waals surface area contributed by atoms with E-state index in [1.807, 2.05) is 18.2 Å². The summed E-state index contributed by atoms with van der Waals surface area (Å²) >= 11 is 0. The Hall–Kier alpha value is -2.75. The molecule has 1 aliphatic heterocycles. The summed E-state index contributed by atoms with van der Waals surface area (Å²) in [5.74, 6) is 1.66. The molecule has 2 aromatic carbocycles. The van der Waals surface area contributed by atoms with Gasteiger partial charge in [0.1, 0.15) is 0 Å². The molecule has 0 bridgehead atoms. The van der Waals surface area contributed by atoms with E-state index in [1.165, 1.54) is 5.56 Å². The van der Waals surface area contributed by atoms with Crippen molar-refractivity contribution in [2.24, 2.45) is 5.92 Å². The van der Waals surface area contributed by atoms with Gasteiger partial charge < -0.3 is 15.4 Å². The van der Waals surface area contributed by atoms with Crippen LogP contribution in [0.25, 0.3) is 6.08 Å². The van der Waals surface area contributed by atoms with Crippen LogP contribution in [0.15, 0.2) is 48.2 Å². The number of nitrogens with zero attached hydrogens (tertiary/aromatic N) is 1. The molecule has 3 rings (SSSR count). The van der Waals surface area contributed by atoms with Crippen molar-refractivity contribution < 1.29 is 9.53 Å². The Morgan fingerprint density at radius 2 is 1.77 bits per heavy atom. The molecule has 4 nitrogen and oxygen atoms in total. The van der Waals surface area contributed by atoms with Crippen LogP contribution in [0.1, 0.15) is 44.7 Å². The van der Waals surface area contributed by atoms with Gasteiger partial charge in [0.2, 0.25) is 0 Å². The number of hydrogen-bond donors (Lipinski definition) is 1. The van der Waals surface area contributed by atoms with Gasteiger partial charge in [-0.1, -0.05) is 52.0 Å².